The lowest BCUT2D eigenvalue weighted by Crippen LogP contribution is -2.53. The molecule has 3 rings (SSSR count). The highest BCUT2D eigenvalue weighted by Gasteiger charge is 2.39. The second-order valence-corrected chi connectivity index (χ2v) is 6.69. The predicted molar refractivity (Wildman–Crippen MR) is 90.8 cm³/mol. The summed E-state index contributed by atoms with van der Waals surface area (Å²) in [5.41, 5.74) is 0.706. The molecule has 2 fully saturated rings. The SMILES string of the molecule is CN1CCCN(C(=O)[C@H]2OCC(=O)N[C@@H]2c2ccccc2Cl)CC1. The summed E-state index contributed by atoms with van der Waals surface area (Å²) in [5.74, 6) is -0.324. The van der Waals surface area contributed by atoms with Gasteiger partial charge >= 0.3 is 0 Å². The van der Waals surface area contributed by atoms with Gasteiger partial charge in [0.15, 0.2) is 6.10 Å². The molecule has 7 heteroatoms. The molecule has 0 unspecified atom stereocenters. The monoisotopic (exact) mass is 351 g/mol. The standard InChI is InChI=1S/C17H22ClN3O3/c1-20-7-4-8-21(10-9-20)17(23)16-15(19-14(22)11-24-16)12-5-2-3-6-13(12)18/h2-3,5-6,15-16H,4,7-11H2,1H3,(H,19,22)/t15-,16+/m1/s1. The maximum Gasteiger partial charge on any atom is 0.254 e. The molecule has 24 heavy (non-hydrogen) atoms. The van der Waals surface area contributed by atoms with Gasteiger partial charge in [-0.15, -0.1) is 0 Å². The van der Waals surface area contributed by atoms with Crippen LogP contribution in [0.1, 0.15) is 18.0 Å². The average Bonchev–Trinajstić information content (AvgIpc) is 2.79. The molecule has 1 N–H and O–H groups in total. The number of morpholine rings is 1. The normalized spacial score (nSPS) is 25.9. The Morgan fingerprint density at radius 1 is 1.25 bits per heavy atom. The van der Waals surface area contributed by atoms with Gasteiger partial charge < -0.3 is 19.9 Å². The molecule has 0 saturated carbocycles. The highest BCUT2D eigenvalue weighted by molar-refractivity contribution is 6.31. The summed E-state index contributed by atoms with van der Waals surface area (Å²) >= 11 is 6.27. The Labute approximate surface area is 146 Å². The van der Waals surface area contributed by atoms with E-state index in [0.717, 1.165) is 19.5 Å². The zero-order chi connectivity index (χ0) is 17.1. The van der Waals surface area contributed by atoms with Crippen LogP contribution in [0.25, 0.3) is 0 Å². The number of halogens is 1. The Morgan fingerprint density at radius 2 is 2.04 bits per heavy atom. The van der Waals surface area contributed by atoms with Crippen molar-refractivity contribution in [2.45, 2.75) is 18.6 Å². The molecule has 0 aliphatic carbocycles. The van der Waals surface area contributed by atoms with Crippen molar-refractivity contribution >= 4 is 23.4 Å². The second kappa shape index (κ2) is 7.51. The number of amides is 2. The predicted octanol–water partition coefficient (Wildman–Crippen LogP) is 1.06. The Morgan fingerprint density at radius 3 is 2.83 bits per heavy atom. The molecule has 2 heterocycles. The number of carbonyl (C=O) groups is 2. The molecule has 130 valence electrons. The Balaban J connectivity index is 1.82. The molecule has 2 aliphatic heterocycles. The average molecular weight is 352 g/mol. The van der Waals surface area contributed by atoms with E-state index in [1.165, 1.54) is 0 Å². The smallest absolute Gasteiger partial charge is 0.254 e. The Bertz CT molecular complexity index is 625. The number of likely N-dealkylation sites (N-methyl/N-ethyl adjacent to an activating group) is 1. The second-order valence-electron chi connectivity index (χ2n) is 6.28. The van der Waals surface area contributed by atoms with Gasteiger partial charge in [0.2, 0.25) is 5.91 Å². The van der Waals surface area contributed by atoms with E-state index >= 15 is 0 Å². The van der Waals surface area contributed by atoms with E-state index in [2.05, 4.69) is 17.3 Å². The van der Waals surface area contributed by atoms with Gasteiger partial charge in [0.1, 0.15) is 6.61 Å². The third kappa shape index (κ3) is 3.71. The fourth-order valence-electron chi connectivity index (χ4n) is 3.18. The molecule has 6 nitrogen and oxygen atoms in total. The number of hydrogen-bond acceptors (Lipinski definition) is 4. The van der Waals surface area contributed by atoms with Gasteiger partial charge in [0.05, 0.1) is 6.04 Å². The molecule has 2 atom stereocenters. The van der Waals surface area contributed by atoms with Gasteiger partial charge in [-0.05, 0) is 31.6 Å². The maximum atomic E-state index is 13.0. The molecule has 0 spiro atoms. The number of nitrogens with one attached hydrogen (secondary N) is 1. The lowest BCUT2D eigenvalue weighted by Gasteiger charge is -2.35. The molecule has 1 aromatic rings. The van der Waals surface area contributed by atoms with Gasteiger partial charge in [-0.1, -0.05) is 29.8 Å². The quantitative estimate of drug-likeness (QED) is 0.865. The van der Waals surface area contributed by atoms with Crippen LogP contribution in [0.15, 0.2) is 24.3 Å². The molecule has 0 radical (unpaired) electrons. The van der Waals surface area contributed by atoms with Crippen molar-refractivity contribution in [2.75, 3.05) is 39.8 Å². The minimum absolute atomic E-state index is 0.0878. The lowest BCUT2D eigenvalue weighted by atomic mass is 9.98. The van der Waals surface area contributed by atoms with Gasteiger partial charge in [0.25, 0.3) is 5.91 Å². The van der Waals surface area contributed by atoms with Crippen molar-refractivity contribution in [1.29, 1.82) is 0 Å². The molecular weight excluding hydrogens is 330 g/mol. The van der Waals surface area contributed by atoms with Crippen molar-refractivity contribution in [3.8, 4) is 0 Å². The van der Waals surface area contributed by atoms with Gasteiger partial charge in [-0.25, -0.2) is 0 Å². The summed E-state index contributed by atoms with van der Waals surface area (Å²) < 4.78 is 5.62. The van der Waals surface area contributed by atoms with Crippen LogP contribution in [0, 0.1) is 0 Å². The zero-order valence-corrected chi connectivity index (χ0v) is 14.5. The Kier molecular flexibility index (Phi) is 5.38. The number of ether oxygens (including phenoxy) is 1. The first-order chi connectivity index (χ1) is 11.6. The number of carbonyl (C=O) groups excluding carboxylic acids is 2. The van der Waals surface area contributed by atoms with E-state index in [-0.39, 0.29) is 18.4 Å². The van der Waals surface area contributed by atoms with Crippen molar-refractivity contribution < 1.29 is 14.3 Å². The highest BCUT2D eigenvalue weighted by Crippen LogP contribution is 2.29. The van der Waals surface area contributed by atoms with E-state index in [9.17, 15) is 9.59 Å². The van der Waals surface area contributed by atoms with Crippen LogP contribution in [0.5, 0.6) is 0 Å². The number of benzene rings is 1. The molecule has 0 bridgehead atoms. The fraction of sp³-hybridized carbons (Fsp3) is 0.529. The van der Waals surface area contributed by atoms with Crippen molar-refractivity contribution in [3.05, 3.63) is 34.9 Å². The number of nitrogens with zero attached hydrogens (tertiary/aromatic N) is 2. The first-order valence-corrected chi connectivity index (χ1v) is 8.57. The van der Waals surface area contributed by atoms with E-state index in [1.54, 1.807) is 6.07 Å². The maximum absolute atomic E-state index is 13.0. The first kappa shape index (κ1) is 17.2. The summed E-state index contributed by atoms with van der Waals surface area (Å²) in [6, 6.07) is 6.66. The first-order valence-electron chi connectivity index (χ1n) is 8.19. The zero-order valence-electron chi connectivity index (χ0n) is 13.7. The third-order valence-electron chi connectivity index (χ3n) is 4.53. The van der Waals surface area contributed by atoms with Crippen LogP contribution in [0.4, 0.5) is 0 Å². The van der Waals surface area contributed by atoms with Crippen LogP contribution in [-0.2, 0) is 14.3 Å². The van der Waals surface area contributed by atoms with Crippen molar-refractivity contribution in [3.63, 3.8) is 0 Å². The van der Waals surface area contributed by atoms with E-state index in [0.29, 0.717) is 23.7 Å². The minimum atomic E-state index is -0.744. The number of rotatable bonds is 2. The van der Waals surface area contributed by atoms with Crippen LogP contribution < -0.4 is 5.32 Å². The summed E-state index contributed by atoms with van der Waals surface area (Å²) in [5, 5.41) is 3.38. The van der Waals surface area contributed by atoms with Crippen LogP contribution in [0.2, 0.25) is 5.02 Å². The summed E-state index contributed by atoms with van der Waals surface area (Å²) in [6.45, 7) is 3.07. The highest BCUT2D eigenvalue weighted by atomic mass is 35.5. The topological polar surface area (TPSA) is 61.9 Å². The molecule has 2 aliphatic rings. The van der Waals surface area contributed by atoms with Crippen LogP contribution in [0.3, 0.4) is 0 Å². The molecule has 0 aromatic heterocycles. The lowest BCUT2D eigenvalue weighted by molar-refractivity contribution is -0.155. The van der Waals surface area contributed by atoms with Crippen LogP contribution in [-0.4, -0.2) is 67.6 Å². The van der Waals surface area contributed by atoms with E-state index < -0.39 is 12.1 Å². The Hall–Kier alpha value is -1.63. The summed E-state index contributed by atoms with van der Waals surface area (Å²) in [6.07, 6.45) is 0.184. The van der Waals surface area contributed by atoms with E-state index in [1.807, 2.05) is 23.1 Å². The van der Waals surface area contributed by atoms with Crippen molar-refractivity contribution in [2.24, 2.45) is 0 Å². The summed E-state index contributed by atoms with van der Waals surface area (Å²) in [7, 11) is 2.05. The fourth-order valence-corrected chi connectivity index (χ4v) is 3.43. The number of hydrogen-bond donors (Lipinski definition) is 1. The van der Waals surface area contributed by atoms with Gasteiger partial charge in [-0.2, -0.15) is 0 Å². The van der Waals surface area contributed by atoms with Gasteiger partial charge in [-0.3, -0.25) is 9.59 Å². The minimum Gasteiger partial charge on any atom is -0.356 e. The van der Waals surface area contributed by atoms with Crippen LogP contribution >= 0.6 is 11.6 Å². The molecule has 2 saturated heterocycles. The van der Waals surface area contributed by atoms with Crippen molar-refractivity contribution in [1.82, 2.24) is 15.1 Å². The summed E-state index contributed by atoms with van der Waals surface area (Å²) in [4.78, 5) is 28.8. The van der Waals surface area contributed by atoms with Gasteiger partial charge in [0, 0.05) is 24.7 Å². The largest absolute Gasteiger partial charge is 0.356 e. The molecule has 2 amide bonds. The molecular formula is C17H22ClN3O3. The van der Waals surface area contributed by atoms with E-state index in [4.69, 9.17) is 16.3 Å². The third-order valence-corrected chi connectivity index (χ3v) is 4.87. The molecule has 1 aromatic carbocycles.